The van der Waals surface area contributed by atoms with Crippen molar-refractivity contribution in [2.45, 2.75) is 37.9 Å². The van der Waals surface area contributed by atoms with Gasteiger partial charge in [0.15, 0.2) is 11.0 Å². The van der Waals surface area contributed by atoms with Crippen LogP contribution >= 0.6 is 11.8 Å². The summed E-state index contributed by atoms with van der Waals surface area (Å²) in [6.45, 7) is 8.99. The molecular formula is C22H25N3O2S. The number of hydrogen-bond acceptors (Lipinski definition) is 5. The molecule has 0 bridgehead atoms. The normalized spacial score (nSPS) is 10.7. The van der Waals surface area contributed by atoms with Crippen molar-refractivity contribution >= 4 is 11.8 Å². The van der Waals surface area contributed by atoms with Crippen LogP contribution in [0.3, 0.4) is 0 Å². The lowest BCUT2D eigenvalue weighted by Crippen LogP contribution is -2.07. The molecule has 0 amide bonds. The Balaban J connectivity index is 1.70. The summed E-state index contributed by atoms with van der Waals surface area (Å²) in [6, 6.07) is 14.2. The molecule has 0 unspecified atom stereocenters. The Bertz CT molecular complexity index is 932. The fourth-order valence-electron chi connectivity index (χ4n) is 2.92. The van der Waals surface area contributed by atoms with Crippen LogP contribution in [-0.4, -0.2) is 21.9 Å². The van der Waals surface area contributed by atoms with Crippen molar-refractivity contribution in [2.24, 2.45) is 0 Å². The zero-order chi connectivity index (χ0) is 19.9. The van der Waals surface area contributed by atoms with Gasteiger partial charge in [-0.3, -0.25) is 4.57 Å². The van der Waals surface area contributed by atoms with Crippen LogP contribution in [0.2, 0.25) is 0 Å². The number of ether oxygens (including phenoxy) is 2. The van der Waals surface area contributed by atoms with Gasteiger partial charge in [0, 0.05) is 12.3 Å². The maximum absolute atomic E-state index is 5.96. The van der Waals surface area contributed by atoms with Crippen LogP contribution in [-0.2, 0) is 18.9 Å². The fraction of sp³-hybridized carbons (Fsp3) is 0.273. The molecule has 0 fully saturated rings. The van der Waals surface area contributed by atoms with Gasteiger partial charge in [-0.15, -0.1) is 16.8 Å². The lowest BCUT2D eigenvalue weighted by molar-refractivity contribution is 0.289. The highest BCUT2D eigenvalue weighted by Gasteiger charge is 2.13. The van der Waals surface area contributed by atoms with Crippen molar-refractivity contribution < 1.29 is 9.47 Å². The minimum Gasteiger partial charge on any atom is -0.497 e. The molecule has 0 N–H and O–H groups in total. The number of allylic oxidation sites excluding steroid dienone is 1. The lowest BCUT2D eigenvalue weighted by atomic mass is 10.1. The Morgan fingerprint density at radius 2 is 1.86 bits per heavy atom. The molecule has 0 spiro atoms. The number of nitrogens with zero attached hydrogens (tertiary/aromatic N) is 3. The van der Waals surface area contributed by atoms with E-state index in [0.29, 0.717) is 13.2 Å². The van der Waals surface area contributed by atoms with Crippen molar-refractivity contribution in [1.29, 1.82) is 0 Å². The molecule has 0 saturated heterocycles. The van der Waals surface area contributed by atoms with Crippen LogP contribution in [0.5, 0.6) is 11.5 Å². The minimum absolute atomic E-state index is 0.365. The predicted molar refractivity (Wildman–Crippen MR) is 113 cm³/mol. The first-order valence-electron chi connectivity index (χ1n) is 9.09. The molecule has 0 saturated carbocycles. The van der Waals surface area contributed by atoms with E-state index in [2.05, 4.69) is 42.8 Å². The third-order valence-corrected chi connectivity index (χ3v) is 5.21. The first-order chi connectivity index (χ1) is 13.6. The second kappa shape index (κ2) is 9.46. The summed E-state index contributed by atoms with van der Waals surface area (Å²) in [6.07, 6.45) is 1.85. The van der Waals surface area contributed by atoms with E-state index in [4.69, 9.17) is 9.47 Å². The SMILES string of the molecule is C=CCn1c(COc2cc(C)cc(C)c2)nnc1SCc1cccc(OC)c1. The van der Waals surface area contributed by atoms with Crippen molar-refractivity contribution in [1.82, 2.24) is 14.8 Å². The van der Waals surface area contributed by atoms with E-state index in [1.807, 2.05) is 41.0 Å². The summed E-state index contributed by atoms with van der Waals surface area (Å²) in [5.41, 5.74) is 3.53. The van der Waals surface area contributed by atoms with Gasteiger partial charge in [0.05, 0.1) is 7.11 Å². The summed E-state index contributed by atoms with van der Waals surface area (Å²) in [4.78, 5) is 0. The number of thioether (sulfide) groups is 1. The Morgan fingerprint density at radius 3 is 2.57 bits per heavy atom. The summed E-state index contributed by atoms with van der Waals surface area (Å²) in [5.74, 6) is 3.27. The highest BCUT2D eigenvalue weighted by Crippen LogP contribution is 2.25. The molecule has 0 atom stereocenters. The summed E-state index contributed by atoms with van der Waals surface area (Å²) >= 11 is 1.64. The van der Waals surface area contributed by atoms with Crippen molar-refractivity contribution in [3.05, 3.63) is 77.6 Å². The maximum atomic E-state index is 5.96. The lowest BCUT2D eigenvalue weighted by Gasteiger charge is -2.10. The Hall–Kier alpha value is -2.73. The van der Waals surface area contributed by atoms with E-state index in [0.717, 1.165) is 28.2 Å². The smallest absolute Gasteiger partial charge is 0.191 e. The molecule has 1 heterocycles. The highest BCUT2D eigenvalue weighted by atomic mass is 32.2. The third kappa shape index (κ3) is 5.16. The van der Waals surface area contributed by atoms with Crippen molar-refractivity contribution in [3.8, 4) is 11.5 Å². The molecule has 0 aliphatic carbocycles. The number of hydrogen-bond donors (Lipinski definition) is 0. The van der Waals surface area contributed by atoms with Gasteiger partial charge in [0.1, 0.15) is 18.1 Å². The first-order valence-corrected chi connectivity index (χ1v) is 10.1. The predicted octanol–water partition coefficient (Wildman–Crippen LogP) is 4.96. The van der Waals surface area contributed by atoms with E-state index in [9.17, 15) is 0 Å². The molecule has 2 aromatic carbocycles. The van der Waals surface area contributed by atoms with Crippen LogP contribution < -0.4 is 9.47 Å². The fourth-order valence-corrected chi connectivity index (χ4v) is 3.83. The second-order valence-electron chi connectivity index (χ2n) is 6.55. The second-order valence-corrected chi connectivity index (χ2v) is 7.49. The zero-order valence-electron chi connectivity index (χ0n) is 16.5. The molecule has 0 radical (unpaired) electrons. The Morgan fingerprint density at radius 1 is 1.07 bits per heavy atom. The van der Waals surface area contributed by atoms with E-state index in [-0.39, 0.29) is 0 Å². The number of aryl methyl sites for hydroxylation is 2. The van der Waals surface area contributed by atoms with E-state index in [1.54, 1.807) is 18.9 Å². The molecule has 1 aromatic heterocycles. The van der Waals surface area contributed by atoms with Crippen molar-refractivity contribution in [2.75, 3.05) is 7.11 Å². The third-order valence-electron chi connectivity index (χ3n) is 4.17. The standard InChI is InChI=1S/C22H25N3O2S/c1-5-9-25-21(14-27-20-11-16(2)10-17(3)12-20)23-24-22(25)28-15-18-7-6-8-19(13-18)26-4/h5-8,10-13H,1,9,14-15H2,2-4H3. The molecule has 28 heavy (non-hydrogen) atoms. The summed E-state index contributed by atoms with van der Waals surface area (Å²) < 4.78 is 13.3. The number of aromatic nitrogens is 3. The van der Waals surface area contributed by atoms with Crippen LogP contribution in [0.1, 0.15) is 22.5 Å². The van der Waals surface area contributed by atoms with Gasteiger partial charge in [-0.05, 0) is 54.8 Å². The highest BCUT2D eigenvalue weighted by molar-refractivity contribution is 7.98. The quantitative estimate of drug-likeness (QED) is 0.378. The molecule has 6 heteroatoms. The van der Waals surface area contributed by atoms with E-state index >= 15 is 0 Å². The largest absolute Gasteiger partial charge is 0.497 e. The topological polar surface area (TPSA) is 49.2 Å². The van der Waals surface area contributed by atoms with Gasteiger partial charge in [-0.25, -0.2) is 0 Å². The minimum atomic E-state index is 0.365. The van der Waals surface area contributed by atoms with Gasteiger partial charge in [0.25, 0.3) is 0 Å². The molecule has 3 aromatic rings. The zero-order valence-corrected chi connectivity index (χ0v) is 17.3. The van der Waals surface area contributed by atoms with Gasteiger partial charge in [0.2, 0.25) is 0 Å². The van der Waals surface area contributed by atoms with Crippen LogP contribution in [0, 0.1) is 13.8 Å². The molecular weight excluding hydrogens is 370 g/mol. The van der Waals surface area contributed by atoms with Gasteiger partial charge >= 0.3 is 0 Å². The van der Waals surface area contributed by atoms with E-state index in [1.165, 1.54) is 16.7 Å². The molecule has 0 aliphatic rings. The number of benzene rings is 2. The average Bonchev–Trinajstić information content (AvgIpc) is 3.06. The molecule has 3 rings (SSSR count). The van der Waals surface area contributed by atoms with Crippen LogP contribution in [0.15, 0.2) is 60.3 Å². The summed E-state index contributed by atoms with van der Waals surface area (Å²) in [5, 5.41) is 9.54. The van der Waals surface area contributed by atoms with Crippen LogP contribution in [0.4, 0.5) is 0 Å². The first kappa shape index (κ1) is 20.0. The van der Waals surface area contributed by atoms with Gasteiger partial charge < -0.3 is 9.47 Å². The average molecular weight is 396 g/mol. The van der Waals surface area contributed by atoms with Gasteiger partial charge in [-0.2, -0.15) is 0 Å². The Labute approximate surface area is 170 Å². The van der Waals surface area contributed by atoms with Gasteiger partial charge in [-0.1, -0.05) is 36.0 Å². The summed E-state index contributed by atoms with van der Waals surface area (Å²) in [7, 11) is 1.68. The Kier molecular flexibility index (Phi) is 6.76. The monoisotopic (exact) mass is 395 g/mol. The van der Waals surface area contributed by atoms with Crippen molar-refractivity contribution in [3.63, 3.8) is 0 Å². The number of methoxy groups -OCH3 is 1. The van der Waals surface area contributed by atoms with E-state index < -0.39 is 0 Å². The molecule has 146 valence electrons. The maximum Gasteiger partial charge on any atom is 0.191 e. The number of rotatable bonds is 9. The molecule has 0 aliphatic heterocycles. The van der Waals surface area contributed by atoms with Crippen LogP contribution in [0.25, 0.3) is 0 Å². The molecule has 5 nitrogen and oxygen atoms in total.